The molecule has 1 N–H and O–H groups in total. The lowest BCUT2D eigenvalue weighted by molar-refractivity contribution is 0.124. The van der Waals surface area contributed by atoms with E-state index in [9.17, 15) is 0 Å². The zero-order chi connectivity index (χ0) is 12.0. The molecule has 0 bridgehead atoms. The normalized spacial score (nSPS) is 14.8. The van der Waals surface area contributed by atoms with Crippen molar-refractivity contribution in [3.05, 3.63) is 34.3 Å². The SMILES string of the molecule is CCOCC(C)NC(C)c1ccc(Br)cc1. The Balaban J connectivity index is 2.45. The second-order valence-corrected chi connectivity index (χ2v) is 4.92. The molecule has 0 radical (unpaired) electrons. The fourth-order valence-corrected chi connectivity index (χ4v) is 1.88. The van der Waals surface area contributed by atoms with Crippen molar-refractivity contribution in [2.24, 2.45) is 0 Å². The Kier molecular flexibility index (Phi) is 6.03. The summed E-state index contributed by atoms with van der Waals surface area (Å²) in [6, 6.07) is 9.13. The van der Waals surface area contributed by atoms with Gasteiger partial charge in [-0.2, -0.15) is 0 Å². The lowest BCUT2D eigenvalue weighted by atomic mass is 10.1. The number of halogens is 1. The van der Waals surface area contributed by atoms with Crippen LogP contribution in [0.2, 0.25) is 0 Å². The molecule has 0 aliphatic carbocycles. The molecule has 1 rings (SSSR count). The first kappa shape index (κ1) is 13.7. The highest BCUT2D eigenvalue weighted by atomic mass is 79.9. The largest absolute Gasteiger partial charge is 0.380 e. The molecule has 1 aromatic carbocycles. The minimum Gasteiger partial charge on any atom is -0.380 e. The van der Waals surface area contributed by atoms with Crippen molar-refractivity contribution < 1.29 is 4.74 Å². The molecular weight excluding hydrogens is 266 g/mol. The zero-order valence-electron chi connectivity index (χ0n) is 10.2. The molecule has 2 nitrogen and oxygen atoms in total. The van der Waals surface area contributed by atoms with Gasteiger partial charge in [-0.25, -0.2) is 0 Å². The maximum atomic E-state index is 5.38. The third kappa shape index (κ3) is 4.64. The number of benzene rings is 1. The van der Waals surface area contributed by atoms with Gasteiger partial charge >= 0.3 is 0 Å². The van der Waals surface area contributed by atoms with E-state index in [2.05, 4.69) is 59.4 Å². The minimum atomic E-state index is 0.351. The third-order valence-corrected chi connectivity index (χ3v) is 3.01. The van der Waals surface area contributed by atoms with E-state index in [-0.39, 0.29) is 0 Å². The molecule has 0 fully saturated rings. The second-order valence-electron chi connectivity index (χ2n) is 4.00. The van der Waals surface area contributed by atoms with E-state index in [4.69, 9.17) is 4.74 Å². The van der Waals surface area contributed by atoms with Crippen LogP contribution in [0.1, 0.15) is 32.4 Å². The Bertz CT molecular complexity index is 299. The molecule has 2 atom stereocenters. The Labute approximate surface area is 107 Å². The van der Waals surface area contributed by atoms with Crippen molar-refractivity contribution in [1.82, 2.24) is 5.32 Å². The average molecular weight is 286 g/mol. The lowest BCUT2D eigenvalue weighted by Gasteiger charge is -2.20. The number of ether oxygens (including phenoxy) is 1. The van der Waals surface area contributed by atoms with Crippen molar-refractivity contribution in [3.63, 3.8) is 0 Å². The molecule has 90 valence electrons. The number of hydrogen-bond acceptors (Lipinski definition) is 2. The molecule has 0 saturated heterocycles. The van der Waals surface area contributed by atoms with E-state index >= 15 is 0 Å². The van der Waals surface area contributed by atoms with E-state index in [1.807, 2.05) is 6.92 Å². The van der Waals surface area contributed by atoms with Crippen LogP contribution >= 0.6 is 15.9 Å². The van der Waals surface area contributed by atoms with Crippen LogP contribution in [0.15, 0.2) is 28.7 Å². The quantitative estimate of drug-likeness (QED) is 0.864. The maximum absolute atomic E-state index is 5.38. The van der Waals surface area contributed by atoms with Crippen molar-refractivity contribution in [3.8, 4) is 0 Å². The van der Waals surface area contributed by atoms with Crippen molar-refractivity contribution in [1.29, 1.82) is 0 Å². The molecule has 0 saturated carbocycles. The van der Waals surface area contributed by atoms with E-state index in [0.717, 1.165) is 17.7 Å². The molecule has 0 aliphatic heterocycles. The monoisotopic (exact) mass is 285 g/mol. The molecular formula is C13H20BrNO. The Hall–Kier alpha value is -0.380. The van der Waals surface area contributed by atoms with Crippen molar-refractivity contribution in [2.45, 2.75) is 32.9 Å². The van der Waals surface area contributed by atoms with Crippen LogP contribution < -0.4 is 5.32 Å². The molecule has 1 aromatic rings. The highest BCUT2D eigenvalue weighted by Gasteiger charge is 2.08. The van der Waals surface area contributed by atoms with E-state index < -0.39 is 0 Å². The number of rotatable bonds is 6. The summed E-state index contributed by atoms with van der Waals surface area (Å²) in [6.07, 6.45) is 0. The summed E-state index contributed by atoms with van der Waals surface area (Å²) >= 11 is 3.44. The van der Waals surface area contributed by atoms with Gasteiger partial charge in [0.1, 0.15) is 0 Å². The topological polar surface area (TPSA) is 21.3 Å². The first-order valence-electron chi connectivity index (χ1n) is 5.72. The second kappa shape index (κ2) is 7.05. The van der Waals surface area contributed by atoms with Gasteiger partial charge in [0.15, 0.2) is 0 Å². The Morgan fingerprint density at radius 2 is 1.88 bits per heavy atom. The lowest BCUT2D eigenvalue weighted by Crippen LogP contribution is -2.32. The third-order valence-electron chi connectivity index (χ3n) is 2.48. The Morgan fingerprint density at radius 1 is 1.25 bits per heavy atom. The van der Waals surface area contributed by atoms with Gasteiger partial charge in [0.05, 0.1) is 6.61 Å². The van der Waals surface area contributed by atoms with Crippen LogP contribution in [0.3, 0.4) is 0 Å². The van der Waals surface area contributed by atoms with Gasteiger partial charge in [0.2, 0.25) is 0 Å². The molecule has 0 heterocycles. The molecule has 2 unspecified atom stereocenters. The van der Waals surface area contributed by atoms with Gasteiger partial charge in [-0.1, -0.05) is 28.1 Å². The summed E-state index contributed by atoms with van der Waals surface area (Å²) in [6.45, 7) is 7.87. The molecule has 0 aromatic heterocycles. The molecule has 0 aliphatic rings. The standard InChI is InChI=1S/C13H20BrNO/c1-4-16-9-10(2)15-11(3)12-5-7-13(14)8-6-12/h5-8,10-11,15H,4,9H2,1-3H3. The van der Waals surface area contributed by atoms with Crippen molar-refractivity contribution >= 4 is 15.9 Å². The van der Waals surface area contributed by atoms with E-state index in [1.165, 1.54) is 5.56 Å². The summed E-state index contributed by atoms with van der Waals surface area (Å²) in [5.74, 6) is 0. The average Bonchev–Trinajstić information content (AvgIpc) is 2.27. The predicted octanol–water partition coefficient (Wildman–Crippen LogP) is 3.52. The molecule has 3 heteroatoms. The highest BCUT2D eigenvalue weighted by Crippen LogP contribution is 2.16. The van der Waals surface area contributed by atoms with Crippen molar-refractivity contribution in [2.75, 3.05) is 13.2 Å². The summed E-state index contributed by atoms with van der Waals surface area (Å²) in [5, 5.41) is 3.51. The van der Waals surface area contributed by atoms with Crippen LogP contribution in [0.5, 0.6) is 0 Å². The number of nitrogens with one attached hydrogen (secondary N) is 1. The smallest absolute Gasteiger partial charge is 0.0616 e. The molecule has 0 amide bonds. The van der Waals surface area contributed by atoms with Gasteiger partial charge < -0.3 is 10.1 Å². The van der Waals surface area contributed by atoms with Crippen LogP contribution in [-0.4, -0.2) is 19.3 Å². The first-order chi connectivity index (χ1) is 7.63. The van der Waals surface area contributed by atoms with Gasteiger partial charge in [-0.3, -0.25) is 0 Å². The molecule has 0 spiro atoms. The van der Waals surface area contributed by atoms with E-state index in [1.54, 1.807) is 0 Å². The van der Waals surface area contributed by atoms with Gasteiger partial charge in [-0.15, -0.1) is 0 Å². The summed E-state index contributed by atoms with van der Waals surface area (Å²) in [4.78, 5) is 0. The van der Waals surface area contributed by atoms with E-state index in [0.29, 0.717) is 12.1 Å². The fourth-order valence-electron chi connectivity index (χ4n) is 1.62. The van der Waals surface area contributed by atoms with Crippen LogP contribution in [0, 0.1) is 0 Å². The predicted molar refractivity (Wildman–Crippen MR) is 71.6 cm³/mol. The van der Waals surface area contributed by atoms with Gasteiger partial charge in [0.25, 0.3) is 0 Å². The minimum absolute atomic E-state index is 0.351. The van der Waals surface area contributed by atoms with Crippen LogP contribution in [-0.2, 0) is 4.74 Å². The highest BCUT2D eigenvalue weighted by molar-refractivity contribution is 9.10. The Morgan fingerprint density at radius 3 is 2.44 bits per heavy atom. The van der Waals surface area contributed by atoms with Crippen LogP contribution in [0.4, 0.5) is 0 Å². The first-order valence-corrected chi connectivity index (χ1v) is 6.52. The summed E-state index contributed by atoms with van der Waals surface area (Å²) in [5.41, 5.74) is 1.30. The fraction of sp³-hybridized carbons (Fsp3) is 0.538. The van der Waals surface area contributed by atoms with Crippen LogP contribution in [0.25, 0.3) is 0 Å². The van der Waals surface area contributed by atoms with Gasteiger partial charge in [-0.05, 0) is 38.5 Å². The zero-order valence-corrected chi connectivity index (χ0v) is 11.8. The number of hydrogen-bond donors (Lipinski definition) is 1. The molecule has 16 heavy (non-hydrogen) atoms. The summed E-state index contributed by atoms with van der Waals surface area (Å²) in [7, 11) is 0. The summed E-state index contributed by atoms with van der Waals surface area (Å²) < 4.78 is 6.50. The maximum Gasteiger partial charge on any atom is 0.0616 e. The van der Waals surface area contributed by atoms with Gasteiger partial charge in [0, 0.05) is 23.2 Å².